The van der Waals surface area contributed by atoms with E-state index in [9.17, 15) is 18.5 Å². The highest BCUT2D eigenvalue weighted by Gasteiger charge is 2.12. The van der Waals surface area contributed by atoms with Gasteiger partial charge in [-0.2, -0.15) is 0 Å². The number of nitrogens with zero attached hydrogens (tertiary/aromatic N) is 1. The van der Waals surface area contributed by atoms with Gasteiger partial charge in [0.25, 0.3) is 5.69 Å². The fourth-order valence-corrected chi connectivity index (χ4v) is 1.82. The fraction of sp³-hybridized carbons (Fsp3) is 0.333. The highest BCUT2D eigenvalue weighted by Crippen LogP contribution is 2.21. The molecule has 16 heavy (non-hydrogen) atoms. The van der Waals surface area contributed by atoms with Crippen LogP contribution in [0.15, 0.2) is 18.2 Å². The molecule has 0 saturated carbocycles. The summed E-state index contributed by atoms with van der Waals surface area (Å²) in [6.07, 6.45) is 0. The molecule has 1 rings (SSSR count). The number of sulfonamides is 1. The minimum Gasteiger partial charge on any atom is -0.283 e. The van der Waals surface area contributed by atoms with Crippen LogP contribution < -0.4 is 4.72 Å². The van der Waals surface area contributed by atoms with Crippen molar-refractivity contribution in [3.63, 3.8) is 0 Å². The van der Waals surface area contributed by atoms with Gasteiger partial charge in [-0.15, -0.1) is 0 Å². The largest absolute Gasteiger partial charge is 0.283 e. The third kappa shape index (κ3) is 2.93. The molecule has 0 spiro atoms. The molecule has 0 aliphatic rings. The zero-order valence-corrected chi connectivity index (χ0v) is 9.74. The smallest absolute Gasteiger partial charge is 0.269 e. The molecule has 0 atom stereocenters. The lowest BCUT2D eigenvalue weighted by atomic mass is 10.2. The van der Waals surface area contributed by atoms with Crippen LogP contribution in [0.1, 0.15) is 12.5 Å². The van der Waals surface area contributed by atoms with E-state index < -0.39 is 14.9 Å². The molecule has 1 aromatic carbocycles. The summed E-state index contributed by atoms with van der Waals surface area (Å²) in [4.78, 5) is 9.95. The summed E-state index contributed by atoms with van der Waals surface area (Å²) in [5, 5.41) is 10.5. The van der Waals surface area contributed by atoms with Crippen LogP contribution in [0.3, 0.4) is 0 Å². The second-order valence-corrected chi connectivity index (χ2v) is 5.27. The topological polar surface area (TPSA) is 89.3 Å². The first-order chi connectivity index (χ1) is 7.35. The van der Waals surface area contributed by atoms with Gasteiger partial charge in [-0.05, 0) is 25.5 Å². The monoisotopic (exact) mass is 244 g/mol. The normalized spacial score (nSPS) is 11.1. The summed E-state index contributed by atoms with van der Waals surface area (Å²) < 4.78 is 24.9. The van der Waals surface area contributed by atoms with Crippen molar-refractivity contribution in [3.8, 4) is 0 Å². The van der Waals surface area contributed by atoms with Gasteiger partial charge in [0.05, 0.1) is 16.4 Å². The molecule has 0 fully saturated rings. The maximum Gasteiger partial charge on any atom is 0.269 e. The van der Waals surface area contributed by atoms with E-state index in [4.69, 9.17) is 0 Å². The lowest BCUT2D eigenvalue weighted by molar-refractivity contribution is -0.384. The van der Waals surface area contributed by atoms with Crippen LogP contribution in [0.2, 0.25) is 0 Å². The van der Waals surface area contributed by atoms with Crippen molar-refractivity contribution in [2.24, 2.45) is 0 Å². The Kier molecular flexibility index (Phi) is 3.48. The van der Waals surface area contributed by atoms with Gasteiger partial charge >= 0.3 is 0 Å². The van der Waals surface area contributed by atoms with Gasteiger partial charge in [0.15, 0.2) is 0 Å². The van der Waals surface area contributed by atoms with E-state index in [1.54, 1.807) is 6.92 Å². The molecule has 0 saturated heterocycles. The van der Waals surface area contributed by atoms with Crippen LogP contribution in [0.25, 0.3) is 0 Å². The molecule has 7 heteroatoms. The predicted octanol–water partition coefficient (Wildman–Crippen LogP) is 1.66. The Morgan fingerprint density at radius 2 is 2.06 bits per heavy atom. The SMILES string of the molecule is CCS(=O)(=O)Nc1ccc([N+](=O)[O-])cc1C. The standard InChI is InChI=1S/C9H12N2O4S/c1-3-16(14,15)10-9-5-4-8(11(12)13)6-7(9)2/h4-6,10H,3H2,1-2H3. The Labute approximate surface area is 93.5 Å². The van der Waals surface area contributed by atoms with Gasteiger partial charge in [0, 0.05) is 12.1 Å². The Hall–Kier alpha value is -1.63. The Balaban J connectivity index is 3.05. The quantitative estimate of drug-likeness (QED) is 0.644. The maximum atomic E-state index is 11.3. The summed E-state index contributed by atoms with van der Waals surface area (Å²) in [6.45, 7) is 3.13. The van der Waals surface area contributed by atoms with Crippen molar-refractivity contribution < 1.29 is 13.3 Å². The zero-order valence-electron chi connectivity index (χ0n) is 8.93. The average molecular weight is 244 g/mol. The van der Waals surface area contributed by atoms with Crippen molar-refractivity contribution in [2.75, 3.05) is 10.5 Å². The first kappa shape index (κ1) is 12.4. The van der Waals surface area contributed by atoms with Crippen LogP contribution in [0, 0.1) is 17.0 Å². The number of nitrogens with one attached hydrogen (secondary N) is 1. The summed E-state index contributed by atoms with van der Waals surface area (Å²) >= 11 is 0. The summed E-state index contributed by atoms with van der Waals surface area (Å²) in [5.74, 6) is -0.0383. The van der Waals surface area contributed by atoms with Gasteiger partial charge in [-0.3, -0.25) is 14.8 Å². The molecule has 6 nitrogen and oxygen atoms in total. The van der Waals surface area contributed by atoms with Crippen molar-refractivity contribution >= 4 is 21.4 Å². The molecular weight excluding hydrogens is 232 g/mol. The second-order valence-electron chi connectivity index (χ2n) is 3.26. The van der Waals surface area contributed by atoms with E-state index in [1.807, 2.05) is 0 Å². The van der Waals surface area contributed by atoms with Crippen molar-refractivity contribution in [1.29, 1.82) is 0 Å². The van der Waals surface area contributed by atoms with E-state index >= 15 is 0 Å². The Morgan fingerprint density at radius 3 is 2.50 bits per heavy atom. The molecule has 1 N–H and O–H groups in total. The highest BCUT2D eigenvalue weighted by molar-refractivity contribution is 7.92. The summed E-state index contributed by atoms with van der Waals surface area (Å²) in [6, 6.07) is 3.98. The lowest BCUT2D eigenvalue weighted by Crippen LogP contribution is -2.15. The Bertz CT molecular complexity index is 510. The third-order valence-corrected chi connectivity index (χ3v) is 3.36. The molecule has 0 heterocycles. The number of aryl methyl sites for hydroxylation is 1. The molecule has 0 amide bonds. The van der Waals surface area contributed by atoms with Crippen LogP contribution in [-0.2, 0) is 10.0 Å². The van der Waals surface area contributed by atoms with E-state index in [1.165, 1.54) is 25.1 Å². The van der Waals surface area contributed by atoms with Crippen molar-refractivity contribution in [3.05, 3.63) is 33.9 Å². The fourth-order valence-electron chi connectivity index (χ4n) is 1.12. The molecule has 0 aliphatic carbocycles. The van der Waals surface area contributed by atoms with Crippen LogP contribution in [0.4, 0.5) is 11.4 Å². The number of hydrogen-bond acceptors (Lipinski definition) is 4. The average Bonchev–Trinajstić information content (AvgIpc) is 2.20. The van der Waals surface area contributed by atoms with E-state index in [-0.39, 0.29) is 11.4 Å². The van der Waals surface area contributed by atoms with Gasteiger partial charge in [0.2, 0.25) is 10.0 Å². The molecule has 0 radical (unpaired) electrons. The van der Waals surface area contributed by atoms with Gasteiger partial charge < -0.3 is 0 Å². The minimum absolute atomic E-state index is 0.0383. The molecule has 0 bridgehead atoms. The third-order valence-electron chi connectivity index (χ3n) is 2.07. The number of non-ortho nitro benzene ring substituents is 1. The van der Waals surface area contributed by atoms with E-state index in [0.29, 0.717) is 11.3 Å². The molecule has 0 aromatic heterocycles. The maximum absolute atomic E-state index is 11.3. The number of benzene rings is 1. The number of rotatable bonds is 4. The summed E-state index contributed by atoms with van der Waals surface area (Å²) in [7, 11) is -3.35. The van der Waals surface area contributed by atoms with Gasteiger partial charge in [0.1, 0.15) is 0 Å². The van der Waals surface area contributed by atoms with Crippen LogP contribution in [0.5, 0.6) is 0 Å². The molecule has 88 valence electrons. The number of hydrogen-bond donors (Lipinski definition) is 1. The number of anilines is 1. The van der Waals surface area contributed by atoms with E-state index in [2.05, 4.69) is 4.72 Å². The van der Waals surface area contributed by atoms with E-state index in [0.717, 1.165) is 0 Å². The Morgan fingerprint density at radius 1 is 1.44 bits per heavy atom. The molecular formula is C9H12N2O4S. The number of nitro benzene ring substituents is 1. The first-order valence-electron chi connectivity index (χ1n) is 4.61. The lowest BCUT2D eigenvalue weighted by Gasteiger charge is -2.08. The van der Waals surface area contributed by atoms with Gasteiger partial charge in [-0.1, -0.05) is 0 Å². The van der Waals surface area contributed by atoms with Crippen molar-refractivity contribution in [1.82, 2.24) is 0 Å². The van der Waals surface area contributed by atoms with Crippen molar-refractivity contribution in [2.45, 2.75) is 13.8 Å². The predicted molar refractivity (Wildman–Crippen MR) is 60.9 cm³/mol. The molecule has 0 aliphatic heterocycles. The summed E-state index contributed by atoms with van der Waals surface area (Å²) in [5.41, 5.74) is 0.829. The first-order valence-corrected chi connectivity index (χ1v) is 6.26. The molecule has 1 aromatic rings. The zero-order chi connectivity index (χ0) is 12.3. The minimum atomic E-state index is -3.35. The van der Waals surface area contributed by atoms with Crippen LogP contribution >= 0.6 is 0 Å². The highest BCUT2D eigenvalue weighted by atomic mass is 32.2. The second kappa shape index (κ2) is 4.48. The number of nitro groups is 1. The molecule has 0 unspecified atom stereocenters. The van der Waals surface area contributed by atoms with Gasteiger partial charge in [-0.25, -0.2) is 8.42 Å². The van der Waals surface area contributed by atoms with Crippen LogP contribution in [-0.4, -0.2) is 19.1 Å².